The molecule has 0 unspecified atom stereocenters. The van der Waals surface area contributed by atoms with Crippen LogP contribution in [0.25, 0.3) is 0 Å². The topological polar surface area (TPSA) is 98.5 Å². The summed E-state index contributed by atoms with van der Waals surface area (Å²) in [5.41, 5.74) is 0.709. The van der Waals surface area contributed by atoms with E-state index in [1.807, 2.05) is 6.07 Å². The number of aliphatic carboxylic acids is 1. The highest BCUT2D eigenvalue weighted by Gasteiger charge is 2.34. The summed E-state index contributed by atoms with van der Waals surface area (Å²) in [6, 6.07) is 6.57. The van der Waals surface area contributed by atoms with E-state index < -0.39 is 21.9 Å². The average Bonchev–Trinajstić information content (AvgIpc) is 2.47. The van der Waals surface area contributed by atoms with Crippen molar-refractivity contribution in [3.8, 4) is 6.07 Å². The molecule has 1 atom stereocenters. The molecule has 1 N–H and O–H groups in total. The van der Waals surface area contributed by atoms with Gasteiger partial charge in [0.1, 0.15) is 11.0 Å². The Hall–Kier alpha value is -1.91. The van der Waals surface area contributed by atoms with E-state index in [2.05, 4.69) is 0 Å². The highest BCUT2D eigenvalue weighted by atomic mass is 32.2. The lowest BCUT2D eigenvalue weighted by atomic mass is 10.0. The summed E-state index contributed by atoms with van der Waals surface area (Å²) in [5, 5.41) is 18.2. The standard InChI is InChI=1S/C14H16N2O4S/c1-10-4-2-6-13(12(10)8-15)21(19,20)16-7-3-5-11(9-16)14(17)18/h2,4,6,11H,3,5,7,9H2,1H3,(H,17,18)/t11-/m1/s1. The normalized spacial score (nSPS) is 19.9. The molecule has 2 rings (SSSR count). The Morgan fingerprint density at radius 3 is 2.81 bits per heavy atom. The van der Waals surface area contributed by atoms with E-state index in [9.17, 15) is 18.5 Å². The van der Waals surface area contributed by atoms with Crippen LogP contribution in [-0.2, 0) is 14.8 Å². The largest absolute Gasteiger partial charge is 0.481 e. The van der Waals surface area contributed by atoms with Gasteiger partial charge in [-0.2, -0.15) is 9.57 Å². The van der Waals surface area contributed by atoms with Gasteiger partial charge >= 0.3 is 5.97 Å². The maximum atomic E-state index is 12.7. The molecule has 1 aliphatic rings. The smallest absolute Gasteiger partial charge is 0.307 e. The fourth-order valence-electron chi connectivity index (χ4n) is 2.50. The second kappa shape index (κ2) is 5.84. The van der Waals surface area contributed by atoms with Gasteiger partial charge in [-0.3, -0.25) is 4.79 Å². The van der Waals surface area contributed by atoms with Gasteiger partial charge in [0, 0.05) is 13.1 Å². The summed E-state index contributed by atoms with van der Waals surface area (Å²) in [7, 11) is -3.85. The summed E-state index contributed by atoms with van der Waals surface area (Å²) in [6.45, 7) is 1.91. The van der Waals surface area contributed by atoms with E-state index in [-0.39, 0.29) is 23.5 Å². The highest BCUT2D eigenvalue weighted by Crippen LogP contribution is 2.27. The lowest BCUT2D eigenvalue weighted by molar-refractivity contribution is -0.142. The predicted octanol–water partition coefficient (Wildman–Crippen LogP) is 1.35. The van der Waals surface area contributed by atoms with Gasteiger partial charge in [-0.15, -0.1) is 0 Å². The molecule has 0 aliphatic carbocycles. The molecule has 0 spiro atoms. The lowest BCUT2D eigenvalue weighted by Gasteiger charge is -2.30. The summed E-state index contributed by atoms with van der Waals surface area (Å²) in [6.07, 6.45) is 0.976. The fraction of sp³-hybridized carbons (Fsp3) is 0.429. The van der Waals surface area contributed by atoms with Gasteiger partial charge in [-0.25, -0.2) is 8.42 Å². The van der Waals surface area contributed by atoms with Crippen LogP contribution in [0.5, 0.6) is 0 Å². The first kappa shape index (κ1) is 15.5. The third kappa shape index (κ3) is 2.91. The van der Waals surface area contributed by atoms with Crippen LogP contribution >= 0.6 is 0 Å². The number of carboxylic acids is 1. The second-order valence-electron chi connectivity index (χ2n) is 5.10. The fourth-order valence-corrected chi connectivity index (χ4v) is 4.24. The van der Waals surface area contributed by atoms with Crippen molar-refractivity contribution in [2.45, 2.75) is 24.7 Å². The van der Waals surface area contributed by atoms with Crippen LogP contribution in [0.4, 0.5) is 0 Å². The van der Waals surface area contributed by atoms with E-state index in [1.54, 1.807) is 19.1 Å². The van der Waals surface area contributed by atoms with Gasteiger partial charge in [0.15, 0.2) is 0 Å². The minimum Gasteiger partial charge on any atom is -0.481 e. The molecule has 0 radical (unpaired) electrons. The van der Waals surface area contributed by atoms with Crippen LogP contribution in [0.3, 0.4) is 0 Å². The Morgan fingerprint density at radius 2 is 2.19 bits per heavy atom. The van der Waals surface area contributed by atoms with E-state index in [1.165, 1.54) is 10.4 Å². The van der Waals surface area contributed by atoms with Crippen molar-refractivity contribution in [1.29, 1.82) is 5.26 Å². The van der Waals surface area contributed by atoms with E-state index in [0.717, 1.165) is 0 Å². The molecule has 112 valence electrons. The van der Waals surface area contributed by atoms with Crippen molar-refractivity contribution in [3.05, 3.63) is 29.3 Å². The number of hydrogen-bond donors (Lipinski definition) is 1. The van der Waals surface area contributed by atoms with Crippen molar-refractivity contribution in [3.63, 3.8) is 0 Å². The Morgan fingerprint density at radius 1 is 1.48 bits per heavy atom. The summed E-state index contributed by atoms with van der Waals surface area (Å²) in [4.78, 5) is 11.0. The number of rotatable bonds is 3. The molecule has 1 saturated heterocycles. The highest BCUT2D eigenvalue weighted by molar-refractivity contribution is 7.89. The first-order valence-electron chi connectivity index (χ1n) is 6.60. The monoisotopic (exact) mass is 308 g/mol. The zero-order valence-corrected chi connectivity index (χ0v) is 12.4. The van der Waals surface area contributed by atoms with E-state index in [4.69, 9.17) is 5.11 Å². The molecule has 21 heavy (non-hydrogen) atoms. The van der Waals surface area contributed by atoms with Crippen LogP contribution in [0.1, 0.15) is 24.0 Å². The molecule has 0 aromatic heterocycles. The van der Waals surface area contributed by atoms with Crippen molar-refractivity contribution in [2.24, 2.45) is 5.92 Å². The number of sulfonamides is 1. The van der Waals surface area contributed by atoms with Gasteiger partial charge in [0.05, 0.1) is 11.5 Å². The summed E-state index contributed by atoms with van der Waals surface area (Å²) in [5.74, 6) is -1.68. The molecular weight excluding hydrogens is 292 g/mol. The van der Waals surface area contributed by atoms with E-state index in [0.29, 0.717) is 18.4 Å². The quantitative estimate of drug-likeness (QED) is 0.908. The van der Waals surface area contributed by atoms with Crippen LogP contribution in [0.2, 0.25) is 0 Å². The maximum Gasteiger partial charge on any atom is 0.307 e. The van der Waals surface area contributed by atoms with Gasteiger partial charge in [0.2, 0.25) is 10.0 Å². The molecule has 1 fully saturated rings. The first-order valence-corrected chi connectivity index (χ1v) is 8.04. The third-order valence-corrected chi connectivity index (χ3v) is 5.61. The minimum atomic E-state index is -3.85. The zero-order valence-electron chi connectivity index (χ0n) is 11.6. The predicted molar refractivity (Wildman–Crippen MR) is 75.0 cm³/mol. The molecule has 0 amide bonds. The Balaban J connectivity index is 2.41. The summed E-state index contributed by atoms with van der Waals surface area (Å²) >= 11 is 0. The number of aryl methyl sites for hydroxylation is 1. The molecule has 0 saturated carbocycles. The van der Waals surface area contributed by atoms with Gasteiger partial charge in [-0.05, 0) is 31.4 Å². The molecule has 7 heteroatoms. The Labute approximate surface area is 123 Å². The van der Waals surface area contributed by atoms with Gasteiger partial charge in [-0.1, -0.05) is 12.1 Å². The van der Waals surface area contributed by atoms with Crippen molar-refractivity contribution >= 4 is 16.0 Å². The molecule has 1 heterocycles. The number of hydrogen-bond acceptors (Lipinski definition) is 4. The number of carbonyl (C=O) groups is 1. The number of carboxylic acid groups (broad SMARTS) is 1. The van der Waals surface area contributed by atoms with Gasteiger partial charge < -0.3 is 5.11 Å². The second-order valence-corrected chi connectivity index (χ2v) is 7.01. The van der Waals surface area contributed by atoms with Crippen molar-refractivity contribution < 1.29 is 18.3 Å². The summed E-state index contributed by atoms with van der Waals surface area (Å²) < 4.78 is 26.5. The maximum absolute atomic E-state index is 12.7. The molecular formula is C14H16N2O4S. The number of piperidine rings is 1. The Kier molecular flexibility index (Phi) is 4.30. The van der Waals surface area contributed by atoms with Crippen molar-refractivity contribution in [1.82, 2.24) is 4.31 Å². The Bertz CT molecular complexity index is 706. The molecule has 1 aliphatic heterocycles. The van der Waals surface area contributed by atoms with Crippen LogP contribution in [0, 0.1) is 24.2 Å². The number of nitrogens with zero attached hydrogens (tertiary/aromatic N) is 2. The lowest BCUT2D eigenvalue weighted by Crippen LogP contribution is -2.42. The average molecular weight is 308 g/mol. The molecule has 1 aromatic rings. The van der Waals surface area contributed by atoms with E-state index >= 15 is 0 Å². The number of benzene rings is 1. The molecule has 0 bridgehead atoms. The number of nitriles is 1. The SMILES string of the molecule is Cc1cccc(S(=O)(=O)N2CCC[C@@H](C(=O)O)C2)c1C#N. The van der Waals surface area contributed by atoms with Crippen molar-refractivity contribution in [2.75, 3.05) is 13.1 Å². The van der Waals surface area contributed by atoms with Crippen LogP contribution < -0.4 is 0 Å². The third-order valence-electron chi connectivity index (χ3n) is 3.70. The molecule has 6 nitrogen and oxygen atoms in total. The minimum absolute atomic E-state index is 0.0452. The van der Waals surface area contributed by atoms with Crippen LogP contribution in [0.15, 0.2) is 23.1 Å². The van der Waals surface area contributed by atoms with Gasteiger partial charge in [0.25, 0.3) is 0 Å². The zero-order chi connectivity index (χ0) is 15.6. The first-order chi connectivity index (χ1) is 9.87. The molecule has 1 aromatic carbocycles. The van der Waals surface area contributed by atoms with Crippen LogP contribution in [-0.4, -0.2) is 36.9 Å².